The second-order valence-corrected chi connectivity index (χ2v) is 5.34. The van der Waals surface area contributed by atoms with E-state index in [2.05, 4.69) is 5.32 Å². The van der Waals surface area contributed by atoms with Crippen molar-refractivity contribution in [2.45, 2.75) is 39.1 Å². The minimum absolute atomic E-state index is 0.121. The van der Waals surface area contributed by atoms with Gasteiger partial charge in [0.1, 0.15) is 5.60 Å². The van der Waals surface area contributed by atoms with Gasteiger partial charge in [-0.15, -0.1) is 0 Å². The number of carbonyl (C=O) groups is 1. The largest absolute Gasteiger partial charge is 0.444 e. The lowest BCUT2D eigenvalue weighted by molar-refractivity contribution is -0.137. The summed E-state index contributed by atoms with van der Waals surface area (Å²) in [7, 11) is 0. The van der Waals surface area contributed by atoms with E-state index in [-0.39, 0.29) is 12.1 Å². The van der Waals surface area contributed by atoms with Gasteiger partial charge in [-0.3, -0.25) is 0 Å². The van der Waals surface area contributed by atoms with Crippen LogP contribution in [0.5, 0.6) is 0 Å². The molecule has 1 aromatic rings. The Bertz CT molecular complexity index is 569. The Balaban J connectivity index is 2.83. The van der Waals surface area contributed by atoms with Crippen molar-refractivity contribution in [3.63, 3.8) is 0 Å². The summed E-state index contributed by atoms with van der Waals surface area (Å²) in [5.41, 5.74) is -1.93. The number of nitrogens with one attached hydrogen (secondary N) is 1. The first kappa shape index (κ1) is 16.8. The van der Waals surface area contributed by atoms with Crippen molar-refractivity contribution < 1.29 is 22.7 Å². The molecule has 0 unspecified atom stereocenters. The van der Waals surface area contributed by atoms with Crippen LogP contribution < -0.4 is 5.32 Å². The first-order valence-electron chi connectivity index (χ1n) is 6.10. The molecule has 0 saturated carbocycles. The van der Waals surface area contributed by atoms with Crippen molar-refractivity contribution in [3.05, 3.63) is 34.9 Å². The van der Waals surface area contributed by atoms with Crippen LogP contribution in [0.15, 0.2) is 18.2 Å². The van der Waals surface area contributed by atoms with Crippen molar-refractivity contribution >= 4 is 6.09 Å². The molecule has 4 nitrogen and oxygen atoms in total. The second kappa shape index (κ2) is 6.04. The van der Waals surface area contributed by atoms with E-state index in [0.29, 0.717) is 0 Å². The quantitative estimate of drug-likeness (QED) is 0.907. The van der Waals surface area contributed by atoms with E-state index >= 15 is 0 Å². The number of amides is 1. The maximum absolute atomic E-state index is 12.8. The van der Waals surface area contributed by atoms with Gasteiger partial charge < -0.3 is 10.1 Å². The van der Waals surface area contributed by atoms with Crippen LogP contribution in [0.2, 0.25) is 0 Å². The average Bonchev–Trinajstić information content (AvgIpc) is 2.33. The minimum atomic E-state index is -4.62. The molecule has 0 aliphatic heterocycles. The Kier molecular flexibility index (Phi) is 4.84. The highest BCUT2D eigenvalue weighted by Crippen LogP contribution is 2.32. The molecule has 114 valence electrons. The van der Waals surface area contributed by atoms with Gasteiger partial charge in [-0.1, -0.05) is 6.07 Å². The highest BCUT2D eigenvalue weighted by atomic mass is 19.4. The molecule has 1 aromatic carbocycles. The first-order chi connectivity index (χ1) is 9.53. The van der Waals surface area contributed by atoms with Crippen molar-refractivity contribution in [1.82, 2.24) is 5.32 Å². The SMILES string of the molecule is CC(C)(C)OC(=O)NCc1ccc(C#N)c(C(F)(F)F)c1. The lowest BCUT2D eigenvalue weighted by Crippen LogP contribution is -2.32. The number of alkyl carbamates (subject to hydrolysis) is 1. The number of hydrogen-bond donors (Lipinski definition) is 1. The molecule has 0 heterocycles. The third kappa shape index (κ3) is 5.34. The number of carbonyl (C=O) groups excluding carboxylic acids is 1. The van der Waals surface area contributed by atoms with E-state index in [1.54, 1.807) is 20.8 Å². The molecule has 1 rings (SSSR count). The van der Waals surface area contributed by atoms with Crippen molar-refractivity contribution in [3.8, 4) is 6.07 Å². The van der Waals surface area contributed by atoms with E-state index in [9.17, 15) is 18.0 Å². The third-order valence-electron chi connectivity index (χ3n) is 2.35. The zero-order valence-electron chi connectivity index (χ0n) is 11.8. The van der Waals surface area contributed by atoms with Gasteiger partial charge in [0.2, 0.25) is 0 Å². The highest BCUT2D eigenvalue weighted by molar-refractivity contribution is 5.67. The Morgan fingerprint density at radius 3 is 2.43 bits per heavy atom. The van der Waals surface area contributed by atoms with Gasteiger partial charge >= 0.3 is 12.3 Å². The maximum atomic E-state index is 12.8. The molecular weight excluding hydrogens is 285 g/mol. The third-order valence-corrected chi connectivity index (χ3v) is 2.35. The van der Waals surface area contributed by atoms with Gasteiger partial charge in [-0.25, -0.2) is 4.79 Å². The second-order valence-electron chi connectivity index (χ2n) is 5.34. The molecule has 0 aliphatic rings. The average molecular weight is 300 g/mol. The molecule has 0 saturated heterocycles. The van der Waals surface area contributed by atoms with E-state index < -0.39 is 29.0 Å². The van der Waals surface area contributed by atoms with Gasteiger partial charge in [0.15, 0.2) is 0 Å². The predicted octanol–water partition coefficient (Wildman–Crippen LogP) is 3.60. The van der Waals surface area contributed by atoms with E-state index in [0.717, 1.165) is 12.1 Å². The van der Waals surface area contributed by atoms with Crippen LogP contribution in [0.4, 0.5) is 18.0 Å². The number of nitriles is 1. The number of hydrogen-bond acceptors (Lipinski definition) is 3. The number of alkyl halides is 3. The van der Waals surface area contributed by atoms with Gasteiger partial charge in [0.25, 0.3) is 0 Å². The molecule has 1 amide bonds. The fourth-order valence-corrected chi connectivity index (χ4v) is 1.52. The molecule has 7 heteroatoms. The predicted molar refractivity (Wildman–Crippen MR) is 69.2 cm³/mol. The number of rotatable bonds is 2. The summed E-state index contributed by atoms with van der Waals surface area (Å²) in [6.07, 6.45) is -5.34. The summed E-state index contributed by atoms with van der Waals surface area (Å²) in [6.45, 7) is 4.91. The molecule has 0 aliphatic carbocycles. The Hall–Kier alpha value is -2.23. The lowest BCUT2D eigenvalue weighted by Gasteiger charge is -2.19. The summed E-state index contributed by atoms with van der Waals surface area (Å²) in [5, 5.41) is 11.0. The molecule has 0 atom stereocenters. The van der Waals surface area contributed by atoms with Gasteiger partial charge in [0.05, 0.1) is 17.2 Å². The number of ether oxygens (including phenoxy) is 1. The Morgan fingerprint density at radius 2 is 1.95 bits per heavy atom. The van der Waals surface area contributed by atoms with Gasteiger partial charge in [-0.05, 0) is 38.5 Å². The van der Waals surface area contributed by atoms with Crippen molar-refractivity contribution in [2.75, 3.05) is 0 Å². The number of nitrogens with zero attached hydrogens (tertiary/aromatic N) is 1. The monoisotopic (exact) mass is 300 g/mol. The summed E-state index contributed by atoms with van der Waals surface area (Å²) in [5.74, 6) is 0. The first-order valence-corrected chi connectivity index (χ1v) is 6.10. The Morgan fingerprint density at radius 1 is 1.33 bits per heavy atom. The smallest absolute Gasteiger partial charge is 0.417 e. The zero-order valence-corrected chi connectivity index (χ0v) is 11.8. The molecule has 0 radical (unpaired) electrons. The number of benzene rings is 1. The van der Waals surface area contributed by atoms with Crippen LogP contribution in [0.25, 0.3) is 0 Å². The lowest BCUT2D eigenvalue weighted by atomic mass is 10.0. The molecular formula is C14H15F3N2O2. The standard InChI is InChI=1S/C14H15F3N2O2/c1-13(2,3)21-12(20)19-8-9-4-5-10(7-18)11(6-9)14(15,16)17/h4-6H,8H2,1-3H3,(H,19,20). The normalized spacial score (nSPS) is 11.7. The maximum Gasteiger partial charge on any atom is 0.417 e. The summed E-state index contributed by atoms with van der Waals surface area (Å²) in [6, 6.07) is 4.77. The van der Waals surface area contributed by atoms with Crippen LogP contribution in [0.1, 0.15) is 37.5 Å². The fourth-order valence-electron chi connectivity index (χ4n) is 1.52. The van der Waals surface area contributed by atoms with E-state index in [1.165, 1.54) is 12.1 Å². The molecule has 0 bridgehead atoms. The van der Waals surface area contributed by atoms with Crippen molar-refractivity contribution in [1.29, 1.82) is 5.26 Å². The van der Waals surface area contributed by atoms with Crippen LogP contribution in [-0.2, 0) is 17.5 Å². The molecule has 0 fully saturated rings. The molecule has 0 aromatic heterocycles. The molecule has 1 N–H and O–H groups in total. The van der Waals surface area contributed by atoms with Crippen LogP contribution >= 0.6 is 0 Å². The summed E-state index contributed by atoms with van der Waals surface area (Å²) in [4.78, 5) is 11.4. The van der Waals surface area contributed by atoms with Crippen LogP contribution in [-0.4, -0.2) is 11.7 Å². The molecule has 0 spiro atoms. The highest BCUT2D eigenvalue weighted by Gasteiger charge is 2.33. The Labute approximate surface area is 120 Å². The topological polar surface area (TPSA) is 62.1 Å². The summed E-state index contributed by atoms with van der Waals surface area (Å²) >= 11 is 0. The van der Waals surface area contributed by atoms with Crippen LogP contribution in [0.3, 0.4) is 0 Å². The van der Waals surface area contributed by atoms with Crippen molar-refractivity contribution in [2.24, 2.45) is 0 Å². The van der Waals surface area contributed by atoms with E-state index in [1.807, 2.05) is 0 Å². The van der Waals surface area contributed by atoms with Gasteiger partial charge in [-0.2, -0.15) is 18.4 Å². The van der Waals surface area contributed by atoms with Crippen LogP contribution in [0, 0.1) is 11.3 Å². The summed E-state index contributed by atoms with van der Waals surface area (Å²) < 4.78 is 43.3. The fraction of sp³-hybridized carbons (Fsp3) is 0.429. The minimum Gasteiger partial charge on any atom is -0.444 e. The molecule has 21 heavy (non-hydrogen) atoms. The van der Waals surface area contributed by atoms with Gasteiger partial charge in [0, 0.05) is 6.54 Å². The zero-order chi connectivity index (χ0) is 16.3. The number of halogens is 3. The van der Waals surface area contributed by atoms with E-state index in [4.69, 9.17) is 10.00 Å².